The smallest absolute Gasteiger partial charge is 0.255 e. The summed E-state index contributed by atoms with van der Waals surface area (Å²) >= 11 is 12.2. The molecule has 0 bridgehead atoms. The number of piperidine rings is 1. The fraction of sp³-hybridized carbons (Fsp3) is 0.333. The van der Waals surface area contributed by atoms with Crippen LogP contribution in [0, 0.1) is 11.8 Å². The lowest BCUT2D eigenvalue weighted by Gasteiger charge is -2.22. The van der Waals surface area contributed by atoms with Crippen molar-refractivity contribution in [3.05, 3.63) is 64.2 Å². The van der Waals surface area contributed by atoms with Gasteiger partial charge in [0.2, 0.25) is 0 Å². The molecular formula is C21H20Cl2F2N4O. The van der Waals surface area contributed by atoms with Gasteiger partial charge >= 0.3 is 0 Å². The molecule has 1 aliphatic rings. The highest BCUT2D eigenvalue weighted by molar-refractivity contribution is 6.36. The lowest BCUT2D eigenvalue weighted by atomic mass is 10.1. The Balaban J connectivity index is 1.58. The van der Waals surface area contributed by atoms with Crippen LogP contribution in [0.2, 0.25) is 10.0 Å². The predicted molar refractivity (Wildman–Crippen MR) is 112 cm³/mol. The van der Waals surface area contributed by atoms with Gasteiger partial charge in [0.05, 0.1) is 17.3 Å². The van der Waals surface area contributed by atoms with Gasteiger partial charge in [0, 0.05) is 34.1 Å². The average Bonchev–Trinajstić information content (AvgIpc) is 3.24. The highest BCUT2D eigenvalue weighted by Crippen LogP contribution is 2.36. The molecule has 0 spiro atoms. The Bertz CT molecular complexity index is 1050. The molecule has 9 heteroatoms. The van der Waals surface area contributed by atoms with E-state index in [0.717, 1.165) is 31.5 Å². The van der Waals surface area contributed by atoms with Gasteiger partial charge in [-0.25, -0.2) is 9.37 Å². The second-order valence-electron chi connectivity index (χ2n) is 7.22. The number of aromatic nitrogens is 3. The number of rotatable bonds is 5. The zero-order chi connectivity index (χ0) is 21.3. The van der Waals surface area contributed by atoms with Crippen molar-refractivity contribution >= 4 is 23.2 Å². The molecule has 3 aromatic rings. The van der Waals surface area contributed by atoms with Crippen molar-refractivity contribution in [3.63, 3.8) is 0 Å². The van der Waals surface area contributed by atoms with E-state index < -0.39 is 17.9 Å². The Morgan fingerprint density at radius 2 is 1.93 bits per heavy atom. The molecule has 3 heterocycles. The summed E-state index contributed by atoms with van der Waals surface area (Å²) in [4.78, 5) is 3.81. The van der Waals surface area contributed by atoms with E-state index >= 15 is 0 Å². The molecule has 0 amide bonds. The number of benzene rings is 1. The van der Waals surface area contributed by atoms with Crippen molar-refractivity contribution in [1.29, 1.82) is 0 Å². The van der Waals surface area contributed by atoms with Crippen LogP contribution in [0.4, 0.5) is 8.78 Å². The van der Waals surface area contributed by atoms with Gasteiger partial charge in [0.1, 0.15) is 11.9 Å². The van der Waals surface area contributed by atoms with E-state index in [1.165, 1.54) is 18.3 Å². The Hall–Kier alpha value is -2.22. The summed E-state index contributed by atoms with van der Waals surface area (Å²) in [7, 11) is 0. The second-order valence-corrected chi connectivity index (χ2v) is 8.01. The van der Waals surface area contributed by atoms with Gasteiger partial charge in [-0.3, -0.25) is 4.68 Å². The largest absolute Gasteiger partial charge is 0.481 e. The number of halogens is 4. The van der Waals surface area contributed by atoms with Crippen LogP contribution < -0.4 is 10.1 Å². The highest BCUT2D eigenvalue weighted by atomic mass is 35.5. The van der Waals surface area contributed by atoms with E-state index in [4.69, 9.17) is 27.9 Å². The van der Waals surface area contributed by atoms with Crippen LogP contribution in [0.1, 0.15) is 37.5 Å². The van der Waals surface area contributed by atoms with Crippen molar-refractivity contribution in [2.45, 2.75) is 31.9 Å². The van der Waals surface area contributed by atoms with Gasteiger partial charge in [-0.2, -0.15) is 9.49 Å². The van der Waals surface area contributed by atoms with Crippen LogP contribution in [0.5, 0.6) is 5.75 Å². The molecule has 30 heavy (non-hydrogen) atoms. The average molecular weight is 453 g/mol. The normalized spacial score (nSPS) is 15.9. The van der Waals surface area contributed by atoms with Crippen LogP contribution in [-0.4, -0.2) is 27.9 Å². The third-order valence-corrected chi connectivity index (χ3v) is 5.93. The van der Waals surface area contributed by atoms with E-state index in [1.807, 2.05) is 10.9 Å². The van der Waals surface area contributed by atoms with Crippen molar-refractivity contribution in [2.75, 3.05) is 13.1 Å². The molecule has 2 aromatic heterocycles. The van der Waals surface area contributed by atoms with Crippen molar-refractivity contribution in [2.24, 2.45) is 0 Å². The Morgan fingerprint density at radius 1 is 1.17 bits per heavy atom. The number of hydrogen-bond acceptors (Lipinski definition) is 4. The summed E-state index contributed by atoms with van der Waals surface area (Å²) in [6.07, 6.45) is 6.31. The molecule has 158 valence electrons. The molecule has 1 saturated heterocycles. The molecule has 1 aliphatic heterocycles. The van der Waals surface area contributed by atoms with Gasteiger partial charge in [-0.05, 0) is 51.1 Å². The standard InChI is InChI=1S/C21H20Cl2F2N4O/c1-12(19-16(22)2-3-17(24)20(19)23)30-18-8-13(9-27-21(18)25)14-10-28-29(11-14)15-4-6-26-7-5-15/h2-3,8-12,15,26H,4-7H2,1H3/t12-/m1/s1. The molecule has 0 saturated carbocycles. The third kappa shape index (κ3) is 4.29. The molecule has 0 radical (unpaired) electrons. The first kappa shape index (κ1) is 21.0. The Labute approximate surface area is 183 Å². The van der Waals surface area contributed by atoms with Crippen LogP contribution in [0.15, 0.2) is 36.8 Å². The van der Waals surface area contributed by atoms with Crippen LogP contribution in [0.3, 0.4) is 0 Å². The fourth-order valence-corrected chi connectivity index (χ4v) is 4.27. The van der Waals surface area contributed by atoms with Crippen LogP contribution >= 0.6 is 23.2 Å². The Kier molecular flexibility index (Phi) is 6.22. The van der Waals surface area contributed by atoms with Gasteiger partial charge < -0.3 is 10.1 Å². The summed E-state index contributed by atoms with van der Waals surface area (Å²) < 4.78 is 35.8. The molecule has 4 rings (SSSR count). The van der Waals surface area contributed by atoms with Gasteiger partial charge in [-0.1, -0.05) is 23.2 Å². The molecular weight excluding hydrogens is 433 g/mol. The van der Waals surface area contributed by atoms with Crippen molar-refractivity contribution in [1.82, 2.24) is 20.1 Å². The SMILES string of the molecule is C[C@@H](Oc1cc(-c2cnn(C3CCNCC3)c2)cnc1F)c1c(Cl)ccc(F)c1Cl. The highest BCUT2D eigenvalue weighted by Gasteiger charge is 2.21. The minimum Gasteiger partial charge on any atom is -0.481 e. The first-order valence-corrected chi connectivity index (χ1v) is 10.4. The molecule has 1 atom stereocenters. The summed E-state index contributed by atoms with van der Waals surface area (Å²) in [6, 6.07) is 4.44. The zero-order valence-corrected chi connectivity index (χ0v) is 17.7. The number of nitrogens with zero attached hydrogens (tertiary/aromatic N) is 3. The zero-order valence-electron chi connectivity index (χ0n) is 16.2. The minimum atomic E-state index is -0.787. The van der Waals surface area contributed by atoms with Crippen molar-refractivity contribution < 1.29 is 13.5 Å². The number of ether oxygens (including phenoxy) is 1. The summed E-state index contributed by atoms with van der Waals surface area (Å²) in [5.41, 5.74) is 1.72. The first-order valence-electron chi connectivity index (χ1n) is 9.65. The number of pyridine rings is 1. The van der Waals surface area contributed by atoms with Gasteiger partial charge in [0.25, 0.3) is 5.95 Å². The lowest BCUT2D eigenvalue weighted by molar-refractivity contribution is 0.213. The fourth-order valence-electron chi connectivity index (χ4n) is 3.59. The molecule has 5 nitrogen and oxygen atoms in total. The summed E-state index contributed by atoms with van der Waals surface area (Å²) in [5, 5.41) is 7.88. The molecule has 1 aromatic carbocycles. The van der Waals surface area contributed by atoms with Crippen LogP contribution in [0.25, 0.3) is 11.1 Å². The van der Waals surface area contributed by atoms with E-state index in [1.54, 1.807) is 19.2 Å². The van der Waals surface area contributed by atoms with E-state index in [0.29, 0.717) is 11.6 Å². The van der Waals surface area contributed by atoms with Gasteiger partial charge in [-0.15, -0.1) is 0 Å². The number of hydrogen-bond donors (Lipinski definition) is 1. The predicted octanol–water partition coefficient (Wildman–Crippen LogP) is 5.59. The maximum absolute atomic E-state index is 14.3. The maximum Gasteiger partial charge on any atom is 0.255 e. The third-order valence-electron chi connectivity index (χ3n) is 5.21. The van der Waals surface area contributed by atoms with Crippen LogP contribution in [-0.2, 0) is 0 Å². The van der Waals surface area contributed by atoms with E-state index in [-0.39, 0.29) is 21.4 Å². The van der Waals surface area contributed by atoms with Crippen molar-refractivity contribution in [3.8, 4) is 16.9 Å². The number of nitrogens with one attached hydrogen (secondary N) is 1. The second kappa shape index (κ2) is 8.88. The summed E-state index contributed by atoms with van der Waals surface area (Å²) in [5.74, 6) is -1.48. The molecule has 1 N–H and O–H groups in total. The Morgan fingerprint density at radius 3 is 2.70 bits per heavy atom. The first-order chi connectivity index (χ1) is 14.4. The lowest BCUT2D eigenvalue weighted by Crippen LogP contribution is -2.29. The molecule has 1 fully saturated rings. The molecule has 0 aliphatic carbocycles. The summed E-state index contributed by atoms with van der Waals surface area (Å²) in [6.45, 7) is 3.53. The van der Waals surface area contributed by atoms with E-state index in [2.05, 4.69) is 15.4 Å². The van der Waals surface area contributed by atoms with E-state index in [9.17, 15) is 8.78 Å². The monoisotopic (exact) mass is 452 g/mol. The topological polar surface area (TPSA) is 52.0 Å². The van der Waals surface area contributed by atoms with Gasteiger partial charge in [0.15, 0.2) is 5.75 Å². The maximum atomic E-state index is 14.3. The quantitative estimate of drug-likeness (QED) is 0.404. The molecule has 0 unspecified atom stereocenters. The minimum absolute atomic E-state index is 0.0778.